The summed E-state index contributed by atoms with van der Waals surface area (Å²) in [6.45, 7) is 6.02. The molecule has 6 heteroatoms. The van der Waals surface area contributed by atoms with Crippen molar-refractivity contribution in [3.63, 3.8) is 0 Å². The van der Waals surface area contributed by atoms with Crippen LogP contribution in [0.4, 0.5) is 5.82 Å². The van der Waals surface area contributed by atoms with Gasteiger partial charge in [-0.05, 0) is 5.92 Å². The summed E-state index contributed by atoms with van der Waals surface area (Å²) in [5, 5.41) is 9.13. The molecule has 5 nitrogen and oxygen atoms in total. The highest BCUT2D eigenvalue weighted by Gasteiger charge is 2.12. The number of aromatic nitrogens is 2. The Morgan fingerprint density at radius 2 is 2.21 bits per heavy atom. The van der Waals surface area contributed by atoms with Crippen molar-refractivity contribution < 1.29 is 4.74 Å². The molecule has 0 bridgehead atoms. The van der Waals surface area contributed by atoms with Gasteiger partial charge >= 0.3 is 0 Å². The fourth-order valence-electron chi connectivity index (χ4n) is 1.73. The maximum absolute atomic E-state index is 8.73. The van der Waals surface area contributed by atoms with Crippen LogP contribution in [-0.4, -0.2) is 30.2 Å². The highest BCUT2D eigenvalue weighted by Crippen LogP contribution is 2.18. The van der Waals surface area contributed by atoms with E-state index in [-0.39, 0.29) is 0 Å². The van der Waals surface area contributed by atoms with Crippen molar-refractivity contribution in [2.45, 2.75) is 26.9 Å². The van der Waals surface area contributed by atoms with Crippen LogP contribution in [-0.2, 0) is 11.3 Å². The third-order valence-electron chi connectivity index (χ3n) is 2.40. The van der Waals surface area contributed by atoms with Crippen LogP contribution >= 0.6 is 11.6 Å². The van der Waals surface area contributed by atoms with E-state index in [1.165, 1.54) is 0 Å². The first kappa shape index (κ1) is 15.7. The molecule has 104 valence electrons. The lowest BCUT2D eigenvalue weighted by molar-refractivity contribution is 0.178. The summed E-state index contributed by atoms with van der Waals surface area (Å²) in [4.78, 5) is 10.6. The SMILES string of the molecule is COCc1nc(Cl)cc(N(CCC#N)CC(C)C)n1. The number of halogens is 1. The lowest BCUT2D eigenvalue weighted by atomic mass is 10.2. The quantitative estimate of drug-likeness (QED) is 0.720. The molecular weight excluding hydrogens is 264 g/mol. The first-order valence-corrected chi connectivity index (χ1v) is 6.59. The third kappa shape index (κ3) is 5.41. The lowest BCUT2D eigenvalue weighted by Gasteiger charge is -2.25. The van der Waals surface area contributed by atoms with Crippen LogP contribution in [0.15, 0.2) is 6.07 Å². The molecule has 0 aliphatic carbocycles. The number of anilines is 1. The Morgan fingerprint density at radius 3 is 2.79 bits per heavy atom. The molecule has 0 aromatic carbocycles. The second-order valence-corrected chi connectivity index (χ2v) is 5.03. The molecule has 0 aliphatic heterocycles. The first-order valence-electron chi connectivity index (χ1n) is 6.21. The Hall–Kier alpha value is -1.38. The summed E-state index contributed by atoms with van der Waals surface area (Å²) in [5.41, 5.74) is 0. The van der Waals surface area contributed by atoms with Crippen LogP contribution in [0.2, 0.25) is 5.15 Å². The average molecular weight is 283 g/mol. The average Bonchev–Trinajstić information content (AvgIpc) is 2.33. The second-order valence-electron chi connectivity index (χ2n) is 4.65. The Morgan fingerprint density at radius 1 is 1.47 bits per heavy atom. The van der Waals surface area contributed by atoms with Gasteiger partial charge in [-0.25, -0.2) is 9.97 Å². The number of ether oxygens (including phenoxy) is 1. The standard InChI is InChI=1S/C13H19ClN4O/c1-10(2)8-18(6-4-5-15)13-7-11(14)16-12(17-13)9-19-3/h7,10H,4,6,8-9H2,1-3H3. The van der Waals surface area contributed by atoms with Gasteiger partial charge in [0.15, 0.2) is 5.82 Å². The Labute approximate surface area is 119 Å². The first-order chi connectivity index (χ1) is 9.06. The molecule has 0 radical (unpaired) electrons. The van der Waals surface area contributed by atoms with Gasteiger partial charge in [-0.3, -0.25) is 0 Å². The molecule has 19 heavy (non-hydrogen) atoms. The van der Waals surface area contributed by atoms with Crippen molar-refractivity contribution in [2.24, 2.45) is 5.92 Å². The maximum Gasteiger partial charge on any atom is 0.158 e. The summed E-state index contributed by atoms with van der Waals surface area (Å²) in [6, 6.07) is 3.88. The third-order valence-corrected chi connectivity index (χ3v) is 2.60. The number of nitriles is 1. The predicted octanol–water partition coefficient (Wildman–Crippen LogP) is 2.65. The fraction of sp³-hybridized carbons (Fsp3) is 0.615. The molecule has 0 amide bonds. The minimum atomic E-state index is 0.321. The van der Waals surface area contributed by atoms with Gasteiger partial charge < -0.3 is 9.64 Å². The number of nitrogens with zero attached hydrogens (tertiary/aromatic N) is 4. The van der Waals surface area contributed by atoms with Crippen molar-refractivity contribution in [3.8, 4) is 6.07 Å². The molecule has 1 rings (SSSR count). The smallest absolute Gasteiger partial charge is 0.158 e. The van der Waals surface area contributed by atoms with E-state index < -0.39 is 0 Å². The molecule has 0 spiro atoms. The maximum atomic E-state index is 8.73. The minimum absolute atomic E-state index is 0.321. The highest BCUT2D eigenvalue weighted by atomic mass is 35.5. The van der Waals surface area contributed by atoms with Crippen molar-refractivity contribution in [1.29, 1.82) is 5.26 Å². The van der Waals surface area contributed by atoms with Crippen molar-refractivity contribution >= 4 is 17.4 Å². The van der Waals surface area contributed by atoms with E-state index >= 15 is 0 Å². The molecule has 0 fully saturated rings. The Balaban J connectivity index is 2.96. The predicted molar refractivity (Wildman–Crippen MR) is 75.0 cm³/mol. The molecule has 0 unspecified atom stereocenters. The van der Waals surface area contributed by atoms with Crippen LogP contribution in [0.25, 0.3) is 0 Å². The largest absolute Gasteiger partial charge is 0.377 e. The van der Waals surface area contributed by atoms with E-state index in [4.69, 9.17) is 21.6 Å². The van der Waals surface area contributed by atoms with Gasteiger partial charge in [0.05, 0.1) is 12.5 Å². The van der Waals surface area contributed by atoms with Gasteiger partial charge in [0.1, 0.15) is 17.6 Å². The van der Waals surface area contributed by atoms with Crippen LogP contribution in [0.5, 0.6) is 0 Å². The van der Waals surface area contributed by atoms with Gasteiger partial charge in [-0.15, -0.1) is 0 Å². The molecule has 1 heterocycles. The molecule has 0 saturated heterocycles. The lowest BCUT2D eigenvalue weighted by Crippen LogP contribution is -2.29. The molecular formula is C13H19ClN4O. The van der Waals surface area contributed by atoms with E-state index in [0.29, 0.717) is 36.5 Å². The van der Waals surface area contributed by atoms with Crippen LogP contribution in [0.1, 0.15) is 26.1 Å². The summed E-state index contributed by atoms with van der Waals surface area (Å²) in [6.07, 6.45) is 0.452. The monoisotopic (exact) mass is 282 g/mol. The van der Waals surface area contributed by atoms with Gasteiger partial charge in [0.2, 0.25) is 0 Å². The Kier molecular flexibility index (Phi) is 6.54. The molecule has 1 aromatic rings. The van der Waals surface area contributed by atoms with Gasteiger partial charge in [-0.1, -0.05) is 25.4 Å². The van der Waals surface area contributed by atoms with E-state index in [1.54, 1.807) is 13.2 Å². The van der Waals surface area contributed by atoms with E-state index in [0.717, 1.165) is 12.4 Å². The van der Waals surface area contributed by atoms with Crippen molar-refractivity contribution in [1.82, 2.24) is 9.97 Å². The molecule has 0 N–H and O–H groups in total. The fourth-order valence-corrected chi connectivity index (χ4v) is 1.93. The van der Waals surface area contributed by atoms with Gasteiger partial charge in [0.25, 0.3) is 0 Å². The van der Waals surface area contributed by atoms with E-state index in [1.807, 2.05) is 0 Å². The van der Waals surface area contributed by atoms with Crippen LogP contribution < -0.4 is 4.90 Å². The summed E-state index contributed by atoms with van der Waals surface area (Å²) >= 11 is 6.00. The zero-order valence-electron chi connectivity index (χ0n) is 11.6. The van der Waals surface area contributed by atoms with E-state index in [9.17, 15) is 0 Å². The normalized spacial score (nSPS) is 10.5. The topological polar surface area (TPSA) is 62.0 Å². The summed E-state index contributed by atoms with van der Waals surface area (Å²) in [7, 11) is 1.59. The molecule has 0 atom stereocenters. The molecule has 1 aromatic heterocycles. The summed E-state index contributed by atoms with van der Waals surface area (Å²) in [5.74, 6) is 1.77. The van der Waals surface area contributed by atoms with Gasteiger partial charge in [-0.2, -0.15) is 5.26 Å². The van der Waals surface area contributed by atoms with Crippen LogP contribution in [0, 0.1) is 17.2 Å². The van der Waals surface area contributed by atoms with Crippen LogP contribution in [0.3, 0.4) is 0 Å². The minimum Gasteiger partial charge on any atom is -0.377 e. The molecule has 0 aliphatic rings. The molecule has 0 saturated carbocycles. The number of rotatable bonds is 7. The van der Waals surface area contributed by atoms with Crippen molar-refractivity contribution in [3.05, 3.63) is 17.0 Å². The zero-order chi connectivity index (χ0) is 14.3. The number of hydrogen-bond donors (Lipinski definition) is 0. The summed E-state index contributed by atoms with van der Waals surface area (Å²) < 4.78 is 5.03. The zero-order valence-corrected chi connectivity index (χ0v) is 12.3. The van der Waals surface area contributed by atoms with Crippen molar-refractivity contribution in [2.75, 3.05) is 25.1 Å². The van der Waals surface area contributed by atoms with Gasteiger partial charge in [0, 0.05) is 26.3 Å². The number of hydrogen-bond acceptors (Lipinski definition) is 5. The highest BCUT2D eigenvalue weighted by molar-refractivity contribution is 6.29. The van der Waals surface area contributed by atoms with E-state index in [2.05, 4.69) is 34.8 Å². The Bertz CT molecular complexity index is 445. The number of methoxy groups -OCH3 is 1. The second kappa shape index (κ2) is 7.93.